The highest BCUT2D eigenvalue weighted by molar-refractivity contribution is 5.71. The smallest absolute Gasteiger partial charge is 0.306 e. The van der Waals surface area contributed by atoms with Crippen LogP contribution < -0.4 is 0 Å². The number of hydrogen-bond donors (Lipinski definition) is 0. The fraction of sp³-hybridized carbons (Fsp3) is 0.909. The molecule has 0 aromatic rings. The van der Waals surface area contributed by atoms with Crippen LogP contribution >= 0.6 is 0 Å². The summed E-state index contributed by atoms with van der Waals surface area (Å²) >= 11 is 0. The summed E-state index contributed by atoms with van der Waals surface area (Å²) in [5.74, 6) is -0.849. The van der Waals surface area contributed by atoms with Crippen LogP contribution in [0.2, 0.25) is 0 Å². The Hall–Kier alpha value is -2.11. The standard InChI is InChI=1S/C77H146O6/c1-4-7-10-13-16-19-22-25-27-29-31-33-35-36-37-38-39-40-41-42-44-45-47-49-52-55-58-61-64-67-70-76(79)82-73-74(72-81-75(78)69-66-63-60-57-54-51-24-21-18-15-12-9-6-3)83-77(80)71-68-65-62-59-56-53-50-48-46-43-34-32-30-28-26-23-20-17-14-11-8-5-2/h12,15,21,24,74H,4-11,13-14,16-20,22-23,25-73H2,1-3H3/b15-12-,24-21-. The summed E-state index contributed by atoms with van der Waals surface area (Å²) in [6, 6.07) is 0. The minimum absolute atomic E-state index is 0.0692. The third-order valence-electron chi connectivity index (χ3n) is 17.4. The summed E-state index contributed by atoms with van der Waals surface area (Å²) in [5, 5.41) is 0. The van der Waals surface area contributed by atoms with Gasteiger partial charge in [0.2, 0.25) is 0 Å². The fourth-order valence-electron chi connectivity index (χ4n) is 11.8. The molecule has 0 fully saturated rings. The van der Waals surface area contributed by atoms with Gasteiger partial charge in [-0.2, -0.15) is 0 Å². The average molecular weight is 1170 g/mol. The van der Waals surface area contributed by atoms with Gasteiger partial charge in [0.1, 0.15) is 13.2 Å². The van der Waals surface area contributed by atoms with Gasteiger partial charge in [-0.15, -0.1) is 0 Å². The molecule has 6 nitrogen and oxygen atoms in total. The van der Waals surface area contributed by atoms with Crippen molar-refractivity contribution in [2.45, 2.75) is 438 Å². The van der Waals surface area contributed by atoms with Crippen LogP contribution in [0, 0.1) is 0 Å². The molecule has 0 aromatic heterocycles. The maximum Gasteiger partial charge on any atom is 0.306 e. The van der Waals surface area contributed by atoms with E-state index in [1.165, 1.54) is 308 Å². The number of carbonyl (C=O) groups is 3. The van der Waals surface area contributed by atoms with Gasteiger partial charge in [-0.3, -0.25) is 14.4 Å². The van der Waals surface area contributed by atoms with Gasteiger partial charge in [-0.25, -0.2) is 0 Å². The van der Waals surface area contributed by atoms with Crippen molar-refractivity contribution in [1.29, 1.82) is 0 Å². The van der Waals surface area contributed by atoms with Crippen LogP contribution in [0.1, 0.15) is 432 Å². The van der Waals surface area contributed by atoms with Crippen LogP contribution in [0.25, 0.3) is 0 Å². The van der Waals surface area contributed by atoms with E-state index in [1.807, 2.05) is 0 Å². The molecule has 0 N–H and O–H groups in total. The predicted molar refractivity (Wildman–Crippen MR) is 363 cm³/mol. The summed E-state index contributed by atoms with van der Waals surface area (Å²) in [6.07, 6.45) is 89.6. The Labute approximate surface area is 519 Å². The number of ether oxygens (including phenoxy) is 3. The third kappa shape index (κ3) is 70.5. The molecule has 0 saturated heterocycles. The number of hydrogen-bond acceptors (Lipinski definition) is 6. The Kier molecular flexibility index (Phi) is 70.5. The lowest BCUT2D eigenvalue weighted by molar-refractivity contribution is -0.167. The number of esters is 3. The zero-order chi connectivity index (χ0) is 59.9. The molecule has 0 rings (SSSR count). The van der Waals surface area contributed by atoms with E-state index in [0.29, 0.717) is 19.3 Å². The van der Waals surface area contributed by atoms with Crippen LogP contribution in [-0.2, 0) is 28.6 Å². The molecule has 0 saturated carbocycles. The molecule has 0 aliphatic heterocycles. The quantitative estimate of drug-likeness (QED) is 0.0261. The number of unbranched alkanes of at least 4 members (excludes halogenated alkanes) is 56. The van der Waals surface area contributed by atoms with Crippen LogP contribution in [0.5, 0.6) is 0 Å². The Balaban J connectivity index is 4.14. The van der Waals surface area contributed by atoms with Gasteiger partial charge in [0.05, 0.1) is 0 Å². The zero-order valence-electron chi connectivity index (χ0n) is 56.5. The Morgan fingerprint density at radius 1 is 0.241 bits per heavy atom. The largest absolute Gasteiger partial charge is 0.462 e. The SMILES string of the molecule is CCC/C=C\C/C=C\CCCCCCCC(=O)OCC(COC(=O)CCCCCCCCCCCCCCCCCCCCCCCCCCCCCCCC)OC(=O)CCCCCCCCCCCCCCCCCCCCCCCC. The van der Waals surface area contributed by atoms with Crippen LogP contribution in [-0.4, -0.2) is 37.2 Å². The maximum absolute atomic E-state index is 13.0. The van der Waals surface area contributed by atoms with Crippen molar-refractivity contribution >= 4 is 17.9 Å². The normalized spacial score (nSPS) is 12.1. The summed E-state index contributed by atoms with van der Waals surface area (Å²) in [4.78, 5) is 38.5. The van der Waals surface area contributed by atoms with E-state index in [4.69, 9.17) is 14.2 Å². The van der Waals surface area contributed by atoms with Gasteiger partial charge in [0, 0.05) is 19.3 Å². The van der Waals surface area contributed by atoms with Crippen molar-refractivity contribution < 1.29 is 28.6 Å². The summed E-state index contributed by atoms with van der Waals surface area (Å²) in [7, 11) is 0. The monoisotopic (exact) mass is 1170 g/mol. The van der Waals surface area contributed by atoms with Crippen LogP contribution in [0.3, 0.4) is 0 Å². The predicted octanol–water partition coefficient (Wildman–Crippen LogP) is 26.1. The molecule has 0 heterocycles. The lowest BCUT2D eigenvalue weighted by Crippen LogP contribution is -2.30. The molecule has 0 aliphatic rings. The molecule has 0 spiro atoms. The van der Waals surface area contributed by atoms with Gasteiger partial charge in [0.15, 0.2) is 6.10 Å². The highest BCUT2D eigenvalue weighted by Crippen LogP contribution is 2.20. The molecule has 0 aliphatic carbocycles. The lowest BCUT2D eigenvalue weighted by atomic mass is 10.0. The van der Waals surface area contributed by atoms with Gasteiger partial charge in [-0.05, 0) is 44.9 Å². The van der Waals surface area contributed by atoms with Gasteiger partial charge < -0.3 is 14.2 Å². The molecular formula is C77H146O6. The average Bonchev–Trinajstić information content (AvgIpc) is 3.49. The highest BCUT2D eigenvalue weighted by atomic mass is 16.6. The first-order chi connectivity index (χ1) is 41.0. The molecule has 0 aromatic carbocycles. The fourth-order valence-corrected chi connectivity index (χ4v) is 11.8. The Morgan fingerprint density at radius 2 is 0.458 bits per heavy atom. The lowest BCUT2D eigenvalue weighted by Gasteiger charge is -2.18. The first kappa shape index (κ1) is 80.9. The second kappa shape index (κ2) is 72.4. The third-order valence-corrected chi connectivity index (χ3v) is 17.4. The number of rotatable bonds is 71. The first-order valence-corrected chi connectivity index (χ1v) is 37.8. The summed E-state index contributed by atoms with van der Waals surface area (Å²) in [5.41, 5.74) is 0. The van der Waals surface area contributed by atoms with Gasteiger partial charge >= 0.3 is 17.9 Å². The maximum atomic E-state index is 13.0. The van der Waals surface area contributed by atoms with Gasteiger partial charge in [-0.1, -0.05) is 392 Å². The first-order valence-electron chi connectivity index (χ1n) is 37.8. The second-order valence-corrected chi connectivity index (χ2v) is 25.9. The van der Waals surface area contributed by atoms with Gasteiger partial charge in [0.25, 0.3) is 0 Å². The molecular weight excluding hydrogens is 1020 g/mol. The highest BCUT2D eigenvalue weighted by Gasteiger charge is 2.20. The number of allylic oxidation sites excluding steroid dienone is 4. The van der Waals surface area contributed by atoms with E-state index in [2.05, 4.69) is 45.1 Å². The molecule has 6 heteroatoms. The minimum atomic E-state index is -0.774. The van der Waals surface area contributed by atoms with Crippen molar-refractivity contribution in [3.05, 3.63) is 24.3 Å². The van der Waals surface area contributed by atoms with E-state index >= 15 is 0 Å². The molecule has 1 unspecified atom stereocenters. The molecule has 0 radical (unpaired) electrons. The summed E-state index contributed by atoms with van der Waals surface area (Å²) in [6.45, 7) is 6.66. The van der Waals surface area contributed by atoms with Crippen molar-refractivity contribution in [2.75, 3.05) is 13.2 Å². The topological polar surface area (TPSA) is 78.9 Å². The molecule has 1 atom stereocenters. The van der Waals surface area contributed by atoms with Crippen molar-refractivity contribution in [3.63, 3.8) is 0 Å². The van der Waals surface area contributed by atoms with E-state index in [0.717, 1.165) is 83.5 Å². The van der Waals surface area contributed by atoms with E-state index in [-0.39, 0.29) is 31.1 Å². The van der Waals surface area contributed by atoms with Crippen molar-refractivity contribution in [1.82, 2.24) is 0 Å². The molecule has 83 heavy (non-hydrogen) atoms. The Morgan fingerprint density at radius 3 is 0.711 bits per heavy atom. The van der Waals surface area contributed by atoms with E-state index < -0.39 is 6.10 Å². The zero-order valence-corrected chi connectivity index (χ0v) is 56.5. The van der Waals surface area contributed by atoms with E-state index in [9.17, 15) is 14.4 Å². The molecule has 490 valence electrons. The van der Waals surface area contributed by atoms with Crippen molar-refractivity contribution in [3.8, 4) is 0 Å². The molecule has 0 bridgehead atoms. The molecule has 0 amide bonds. The number of carbonyl (C=O) groups excluding carboxylic acids is 3. The van der Waals surface area contributed by atoms with Crippen molar-refractivity contribution in [2.24, 2.45) is 0 Å². The summed E-state index contributed by atoms with van der Waals surface area (Å²) < 4.78 is 17.0. The second-order valence-electron chi connectivity index (χ2n) is 25.9. The van der Waals surface area contributed by atoms with E-state index in [1.54, 1.807) is 0 Å². The van der Waals surface area contributed by atoms with Crippen LogP contribution in [0.15, 0.2) is 24.3 Å². The minimum Gasteiger partial charge on any atom is -0.462 e. The van der Waals surface area contributed by atoms with Crippen LogP contribution in [0.4, 0.5) is 0 Å². The Bertz CT molecular complexity index is 1340.